The van der Waals surface area contributed by atoms with Crippen molar-refractivity contribution in [3.05, 3.63) is 76.6 Å². The van der Waals surface area contributed by atoms with Gasteiger partial charge in [-0.1, -0.05) is 19.8 Å². The second-order valence-corrected chi connectivity index (χ2v) is 10.6. The molecule has 16 heteroatoms. The van der Waals surface area contributed by atoms with Crippen LogP contribution in [0.3, 0.4) is 0 Å². The van der Waals surface area contributed by atoms with Gasteiger partial charge in [-0.05, 0) is 61.7 Å². The first-order valence-electron chi connectivity index (χ1n) is 15.0. The first kappa shape index (κ1) is 38.2. The molecule has 3 aromatic rings. The fourth-order valence-electron chi connectivity index (χ4n) is 4.48. The number of hydrogen-bond acceptors (Lipinski definition) is 7. The van der Waals surface area contributed by atoms with E-state index in [0.717, 1.165) is 35.9 Å². The molecule has 0 aliphatic carbocycles. The Bertz CT molecular complexity index is 1450. The molecular weight excluding hydrogens is 661 g/mol. The van der Waals surface area contributed by atoms with Crippen LogP contribution in [0, 0.1) is 0 Å². The van der Waals surface area contributed by atoms with Gasteiger partial charge in [-0.15, -0.1) is 0 Å². The summed E-state index contributed by atoms with van der Waals surface area (Å²) < 4.78 is 139. The minimum Gasteiger partial charge on any atom is -0.493 e. The fraction of sp³-hybridized carbons (Fsp3) is 0.469. The average Bonchev–Trinajstić information content (AvgIpc) is 3.00. The number of rotatable bonds is 16. The number of hydrogen-bond donors (Lipinski definition) is 0. The highest BCUT2D eigenvalue weighted by Gasteiger charge is 2.37. The van der Waals surface area contributed by atoms with Crippen LogP contribution in [0.25, 0.3) is 0 Å². The first-order chi connectivity index (χ1) is 22.5. The van der Waals surface area contributed by atoms with E-state index in [2.05, 4.69) is 9.97 Å². The van der Waals surface area contributed by atoms with Crippen molar-refractivity contribution in [2.45, 2.75) is 77.6 Å². The number of carbonyl (C=O) groups excluding carboxylic acids is 1. The molecule has 0 amide bonds. The van der Waals surface area contributed by atoms with Gasteiger partial charge in [0.05, 0.1) is 48.9 Å². The molecule has 0 aliphatic rings. The van der Waals surface area contributed by atoms with E-state index in [1.165, 1.54) is 12.4 Å². The number of carbonyl (C=O) groups is 1. The Balaban J connectivity index is 2.01. The molecule has 0 radical (unpaired) electrons. The van der Waals surface area contributed by atoms with Crippen LogP contribution in [-0.4, -0.2) is 35.8 Å². The molecule has 0 spiro atoms. The van der Waals surface area contributed by atoms with Crippen LogP contribution < -0.4 is 14.4 Å². The maximum Gasteiger partial charge on any atom is 0.416 e. The molecule has 1 heterocycles. The number of esters is 1. The highest BCUT2D eigenvalue weighted by molar-refractivity contribution is 5.69. The van der Waals surface area contributed by atoms with Crippen molar-refractivity contribution >= 4 is 11.9 Å². The maximum absolute atomic E-state index is 13.7. The van der Waals surface area contributed by atoms with Gasteiger partial charge in [0.15, 0.2) is 5.75 Å². The molecule has 264 valence electrons. The summed E-state index contributed by atoms with van der Waals surface area (Å²) >= 11 is 0. The summed E-state index contributed by atoms with van der Waals surface area (Å²) in [5.74, 6) is -0.477. The van der Waals surface area contributed by atoms with Crippen LogP contribution in [0.2, 0.25) is 0 Å². The second kappa shape index (κ2) is 16.7. The van der Waals surface area contributed by atoms with Crippen LogP contribution in [0.5, 0.6) is 11.5 Å². The smallest absolute Gasteiger partial charge is 0.416 e. The molecule has 0 atom stereocenters. The molecule has 7 nitrogen and oxygen atoms in total. The number of anilines is 1. The largest absolute Gasteiger partial charge is 0.493 e. The van der Waals surface area contributed by atoms with Gasteiger partial charge >= 0.3 is 24.5 Å². The van der Waals surface area contributed by atoms with Gasteiger partial charge in [-0.25, -0.2) is 9.97 Å². The van der Waals surface area contributed by atoms with Crippen LogP contribution >= 0.6 is 0 Å². The standard InChI is InChI=1S/C32H34F9N3O4/c1-3-5-6-11-48-27-10-9-23(30(33,34)35)15-22(27)20-44(19-21-13-24(31(36,37)38)16-25(14-21)32(39,40)41)29-42-17-26(18-43-29)47-12-7-8-28(45)46-4-2/h9-10,13-18H,3-8,11-12,19-20H2,1-2H3. The summed E-state index contributed by atoms with van der Waals surface area (Å²) in [6.45, 7) is 2.91. The van der Waals surface area contributed by atoms with Crippen molar-refractivity contribution in [2.24, 2.45) is 0 Å². The van der Waals surface area contributed by atoms with E-state index >= 15 is 0 Å². The van der Waals surface area contributed by atoms with Crippen molar-refractivity contribution < 1.29 is 58.5 Å². The number of nitrogens with zero attached hydrogens (tertiary/aromatic N) is 3. The minimum absolute atomic E-state index is 0.0204. The molecule has 0 N–H and O–H groups in total. The molecule has 0 unspecified atom stereocenters. The van der Waals surface area contributed by atoms with E-state index in [4.69, 9.17) is 14.2 Å². The highest BCUT2D eigenvalue weighted by Crippen LogP contribution is 2.38. The second-order valence-electron chi connectivity index (χ2n) is 10.6. The van der Waals surface area contributed by atoms with Gasteiger partial charge in [-0.3, -0.25) is 4.79 Å². The lowest BCUT2D eigenvalue weighted by Gasteiger charge is -2.25. The number of benzene rings is 2. The molecule has 48 heavy (non-hydrogen) atoms. The molecule has 0 aliphatic heterocycles. The maximum atomic E-state index is 13.7. The molecule has 1 aromatic heterocycles. The predicted octanol–water partition coefficient (Wildman–Crippen LogP) is 9.03. The van der Waals surface area contributed by atoms with Crippen molar-refractivity contribution in [3.63, 3.8) is 0 Å². The number of alkyl halides is 9. The Morgan fingerprint density at radius 1 is 0.729 bits per heavy atom. The Morgan fingerprint density at radius 3 is 1.90 bits per heavy atom. The number of ether oxygens (including phenoxy) is 3. The molecular formula is C32H34F9N3O4. The third-order valence-corrected chi connectivity index (χ3v) is 6.77. The number of halogens is 9. The first-order valence-corrected chi connectivity index (χ1v) is 15.0. The lowest BCUT2D eigenvalue weighted by atomic mass is 10.0. The van der Waals surface area contributed by atoms with Gasteiger partial charge in [0.1, 0.15) is 5.75 Å². The van der Waals surface area contributed by atoms with Crippen molar-refractivity contribution in [2.75, 3.05) is 24.7 Å². The number of unbranched alkanes of at least 4 members (excludes halogenated alkanes) is 2. The van der Waals surface area contributed by atoms with Crippen LogP contribution in [0.4, 0.5) is 45.5 Å². The molecule has 3 rings (SSSR count). The molecule has 0 bridgehead atoms. The van der Waals surface area contributed by atoms with E-state index in [1.807, 2.05) is 6.92 Å². The third kappa shape index (κ3) is 11.8. The minimum atomic E-state index is -5.12. The van der Waals surface area contributed by atoms with Gasteiger partial charge in [0, 0.05) is 25.1 Å². The Kier molecular flexibility index (Phi) is 13.3. The zero-order valence-corrected chi connectivity index (χ0v) is 26.1. The van der Waals surface area contributed by atoms with E-state index in [-0.39, 0.29) is 55.3 Å². The third-order valence-electron chi connectivity index (χ3n) is 6.77. The molecule has 0 saturated carbocycles. The molecule has 2 aromatic carbocycles. The van der Waals surface area contributed by atoms with Crippen molar-refractivity contribution in [3.8, 4) is 11.5 Å². The molecule has 0 saturated heterocycles. The molecule has 0 fully saturated rings. The van der Waals surface area contributed by atoms with E-state index in [0.29, 0.717) is 25.0 Å². The highest BCUT2D eigenvalue weighted by atomic mass is 19.4. The van der Waals surface area contributed by atoms with Crippen molar-refractivity contribution in [1.82, 2.24) is 9.97 Å². The Morgan fingerprint density at radius 2 is 1.33 bits per heavy atom. The summed E-state index contributed by atoms with van der Waals surface area (Å²) in [6.07, 6.45) is -10.0. The number of aromatic nitrogens is 2. The normalized spacial score (nSPS) is 12.1. The lowest BCUT2D eigenvalue weighted by Crippen LogP contribution is -2.25. The zero-order valence-electron chi connectivity index (χ0n) is 26.1. The van der Waals surface area contributed by atoms with Gasteiger partial charge in [0.25, 0.3) is 0 Å². The fourth-order valence-corrected chi connectivity index (χ4v) is 4.48. The quantitative estimate of drug-likeness (QED) is 0.0842. The SMILES string of the molecule is CCCCCOc1ccc(C(F)(F)F)cc1CN(Cc1cc(C(F)(F)F)cc(C(F)(F)F)c1)c1ncc(OCCCC(=O)OCC)cn1. The monoisotopic (exact) mass is 695 g/mol. The van der Waals surface area contributed by atoms with Gasteiger partial charge in [0.2, 0.25) is 5.95 Å². The van der Waals surface area contributed by atoms with E-state index in [9.17, 15) is 44.3 Å². The topological polar surface area (TPSA) is 73.8 Å². The van der Waals surface area contributed by atoms with Crippen LogP contribution in [-0.2, 0) is 41.1 Å². The van der Waals surface area contributed by atoms with Crippen LogP contribution in [0.1, 0.15) is 73.8 Å². The van der Waals surface area contributed by atoms with Gasteiger partial charge < -0.3 is 19.1 Å². The van der Waals surface area contributed by atoms with Gasteiger partial charge in [-0.2, -0.15) is 39.5 Å². The Labute approximate surface area is 271 Å². The van der Waals surface area contributed by atoms with E-state index in [1.54, 1.807) is 6.92 Å². The summed E-state index contributed by atoms with van der Waals surface area (Å²) in [4.78, 5) is 20.9. The van der Waals surface area contributed by atoms with E-state index < -0.39 is 59.8 Å². The summed E-state index contributed by atoms with van der Waals surface area (Å²) in [7, 11) is 0. The van der Waals surface area contributed by atoms with Crippen LogP contribution in [0.15, 0.2) is 48.8 Å². The zero-order chi connectivity index (χ0) is 35.5. The Hall–Kier alpha value is -4.24. The predicted molar refractivity (Wildman–Crippen MR) is 156 cm³/mol. The summed E-state index contributed by atoms with van der Waals surface area (Å²) in [5.41, 5.74) is -4.65. The van der Waals surface area contributed by atoms with Crippen molar-refractivity contribution in [1.29, 1.82) is 0 Å². The lowest BCUT2D eigenvalue weighted by molar-refractivity contribution is -0.144. The average molecular weight is 696 g/mol. The summed E-state index contributed by atoms with van der Waals surface area (Å²) in [6, 6.07) is 3.76. The summed E-state index contributed by atoms with van der Waals surface area (Å²) in [5, 5.41) is 0.